The average molecular weight is 222 g/mol. The first-order valence-corrected chi connectivity index (χ1v) is 5.64. The Morgan fingerprint density at radius 2 is 1.88 bits per heavy atom. The fourth-order valence-corrected chi connectivity index (χ4v) is 2.13. The third kappa shape index (κ3) is 1.87. The molecule has 0 fully saturated rings. The Balaban J connectivity index is 2.40. The van der Waals surface area contributed by atoms with Gasteiger partial charge in [-0.05, 0) is 36.1 Å². The lowest BCUT2D eigenvalue weighted by atomic mass is 9.86. The van der Waals surface area contributed by atoms with Crippen LogP contribution in [0.4, 0.5) is 0 Å². The Hall–Kier alpha value is -1.22. The van der Waals surface area contributed by atoms with E-state index in [-0.39, 0.29) is 12.5 Å². The van der Waals surface area contributed by atoms with Crippen molar-refractivity contribution in [1.29, 1.82) is 0 Å². The van der Waals surface area contributed by atoms with Crippen LogP contribution in [0.15, 0.2) is 12.1 Å². The van der Waals surface area contributed by atoms with Crippen LogP contribution in [0.3, 0.4) is 0 Å². The van der Waals surface area contributed by atoms with Crippen LogP contribution >= 0.6 is 0 Å². The highest BCUT2D eigenvalue weighted by Gasteiger charge is 2.22. The normalized spacial score (nSPS) is 15.6. The highest BCUT2D eigenvalue weighted by atomic mass is 16.7. The molecule has 2 rings (SSSR count). The van der Waals surface area contributed by atoms with E-state index in [0.717, 1.165) is 22.6 Å². The molecule has 1 unspecified atom stereocenters. The van der Waals surface area contributed by atoms with Gasteiger partial charge in [-0.15, -0.1) is 0 Å². The standard InChI is InChI=1S/C13H18O3/c1-8(2)11(6-14)10-5-13-12(4-9(10)3)15-7-16-13/h4-5,8,11,14H,6-7H2,1-3H3. The Kier molecular flexibility index (Phi) is 3.06. The molecule has 0 spiro atoms. The molecule has 0 saturated carbocycles. The molecular weight excluding hydrogens is 204 g/mol. The summed E-state index contributed by atoms with van der Waals surface area (Å²) >= 11 is 0. The summed E-state index contributed by atoms with van der Waals surface area (Å²) in [6.07, 6.45) is 0. The Morgan fingerprint density at radius 1 is 1.25 bits per heavy atom. The molecule has 1 heterocycles. The molecule has 1 atom stereocenters. The maximum absolute atomic E-state index is 9.45. The van der Waals surface area contributed by atoms with Crippen LogP contribution in [-0.2, 0) is 0 Å². The summed E-state index contributed by atoms with van der Waals surface area (Å²) in [5, 5.41) is 9.45. The fourth-order valence-electron chi connectivity index (χ4n) is 2.13. The van der Waals surface area contributed by atoms with Crippen LogP contribution in [0.25, 0.3) is 0 Å². The zero-order chi connectivity index (χ0) is 11.7. The Morgan fingerprint density at radius 3 is 2.44 bits per heavy atom. The van der Waals surface area contributed by atoms with Gasteiger partial charge in [-0.1, -0.05) is 13.8 Å². The Bertz CT molecular complexity index is 385. The summed E-state index contributed by atoms with van der Waals surface area (Å²) in [7, 11) is 0. The summed E-state index contributed by atoms with van der Waals surface area (Å²) in [5.41, 5.74) is 2.30. The molecule has 3 nitrogen and oxygen atoms in total. The minimum Gasteiger partial charge on any atom is -0.454 e. The smallest absolute Gasteiger partial charge is 0.231 e. The topological polar surface area (TPSA) is 38.7 Å². The average Bonchev–Trinajstić information content (AvgIpc) is 2.65. The number of aliphatic hydroxyl groups is 1. The predicted octanol–water partition coefficient (Wildman–Crippen LogP) is 2.46. The second-order valence-electron chi connectivity index (χ2n) is 4.60. The molecule has 88 valence electrons. The molecule has 3 heteroatoms. The van der Waals surface area contributed by atoms with Gasteiger partial charge in [0.05, 0.1) is 6.61 Å². The van der Waals surface area contributed by atoms with Crippen LogP contribution in [0, 0.1) is 12.8 Å². The van der Waals surface area contributed by atoms with Crippen LogP contribution in [0.2, 0.25) is 0 Å². The first-order valence-electron chi connectivity index (χ1n) is 5.64. The fraction of sp³-hybridized carbons (Fsp3) is 0.538. The van der Waals surface area contributed by atoms with Crippen molar-refractivity contribution in [3.63, 3.8) is 0 Å². The molecule has 0 amide bonds. The lowest BCUT2D eigenvalue weighted by Gasteiger charge is -2.21. The summed E-state index contributed by atoms with van der Waals surface area (Å²) in [6.45, 7) is 6.74. The number of aliphatic hydroxyl groups excluding tert-OH is 1. The first kappa shape index (κ1) is 11.3. The third-order valence-electron chi connectivity index (χ3n) is 3.16. The van der Waals surface area contributed by atoms with Gasteiger partial charge in [0.2, 0.25) is 6.79 Å². The molecule has 0 bridgehead atoms. The number of ether oxygens (including phenoxy) is 2. The van der Waals surface area contributed by atoms with E-state index in [4.69, 9.17) is 9.47 Å². The lowest BCUT2D eigenvalue weighted by molar-refractivity contribution is 0.174. The number of benzene rings is 1. The molecule has 0 aliphatic carbocycles. The van der Waals surface area contributed by atoms with Crippen molar-refractivity contribution in [3.05, 3.63) is 23.3 Å². The number of rotatable bonds is 3. The van der Waals surface area contributed by atoms with Crippen molar-refractivity contribution >= 4 is 0 Å². The van der Waals surface area contributed by atoms with Gasteiger partial charge in [0.1, 0.15) is 0 Å². The van der Waals surface area contributed by atoms with Crippen molar-refractivity contribution in [2.24, 2.45) is 5.92 Å². The molecule has 1 aliphatic heterocycles. The zero-order valence-electron chi connectivity index (χ0n) is 9.99. The van der Waals surface area contributed by atoms with Gasteiger partial charge < -0.3 is 14.6 Å². The first-order chi connectivity index (χ1) is 7.63. The van der Waals surface area contributed by atoms with Crippen LogP contribution in [-0.4, -0.2) is 18.5 Å². The van der Waals surface area contributed by atoms with Gasteiger partial charge in [-0.25, -0.2) is 0 Å². The van der Waals surface area contributed by atoms with E-state index in [1.165, 1.54) is 0 Å². The summed E-state index contributed by atoms with van der Waals surface area (Å²) in [6, 6.07) is 3.99. The predicted molar refractivity (Wildman–Crippen MR) is 62.0 cm³/mol. The molecule has 16 heavy (non-hydrogen) atoms. The maximum Gasteiger partial charge on any atom is 0.231 e. The number of fused-ring (bicyclic) bond motifs is 1. The van der Waals surface area contributed by atoms with E-state index in [9.17, 15) is 5.11 Å². The monoisotopic (exact) mass is 222 g/mol. The van der Waals surface area contributed by atoms with E-state index < -0.39 is 0 Å². The van der Waals surface area contributed by atoms with Crippen molar-refractivity contribution in [2.75, 3.05) is 13.4 Å². The number of hydrogen-bond donors (Lipinski definition) is 1. The molecule has 0 aromatic heterocycles. The quantitative estimate of drug-likeness (QED) is 0.853. The molecule has 1 aromatic rings. The van der Waals surface area contributed by atoms with Gasteiger partial charge in [0.25, 0.3) is 0 Å². The molecule has 0 saturated heterocycles. The zero-order valence-corrected chi connectivity index (χ0v) is 9.99. The minimum absolute atomic E-state index is 0.162. The van der Waals surface area contributed by atoms with Gasteiger partial charge in [0, 0.05) is 5.92 Å². The largest absolute Gasteiger partial charge is 0.454 e. The van der Waals surface area contributed by atoms with E-state index >= 15 is 0 Å². The highest BCUT2D eigenvalue weighted by Crippen LogP contribution is 2.38. The van der Waals surface area contributed by atoms with Gasteiger partial charge >= 0.3 is 0 Å². The second-order valence-corrected chi connectivity index (χ2v) is 4.60. The second kappa shape index (κ2) is 4.34. The van der Waals surface area contributed by atoms with Gasteiger partial charge in [-0.3, -0.25) is 0 Å². The van der Waals surface area contributed by atoms with Gasteiger partial charge in [0.15, 0.2) is 11.5 Å². The minimum atomic E-state index is 0.162. The third-order valence-corrected chi connectivity index (χ3v) is 3.16. The molecule has 0 radical (unpaired) electrons. The van der Waals surface area contributed by atoms with Crippen LogP contribution in [0.5, 0.6) is 11.5 Å². The maximum atomic E-state index is 9.45. The SMILES string of the molecule is Cc1cc2c(cc1C(CO)C(C)C)OCO2. The molecular formula is C13H18O3. The number of aryl methyl sites for hydroxylation is 1. The van der Waals surface area contributed by atoms with E-state index in [1.54, 1.807) is 0 Å². The van der Waals surface area contributed by atoms with Crippen molar-refractivity contribution < 1.29 is 14.6 Å². The molecule has 1 N–H and O–H groups in total. The van der Waals surface area contributed by atoms with Crippen LogP contribution < -0.4 is 9.47 Å². The van der Waals surface area contributed by atoms with Gasteiger partial charge in [-0.2, -0.15) is 0 Å². The lowest BCUT2D eigenvalue weighted by Crippen LogP contribution is -2.12. The summed E-state index contributed by atoms with van der Waals surface area (Å²) < 4.78 is 10.7. The number of hydrogen-bond acceptors (Lipinski definition) is 3. The van der Waals surface area contributed by atoms with E-state index in [0.29, 0.717) is 12.7 Å². The Labute approximate surface area is 96.0 Å². The van der Waals surface area contributed by atoms with E-state index in [2.05, 4.69) is 13.8 Å². The highest BCUT2D eigenvalue weighted by molar-refractivity contribution is 5.49. The van der Waals surface area contributed by atoms with Crippen molar-refractivity contribution in [3.8, 4) is 11.5 Å². The van der Waals surface area contributed by atoms with E-state index in [1.807, 2.05) is 19.1 Å². The molecule has 1 aliphatic rings. The summed E-state index contributed by atoms with van der Waals surface area (Å²) in [5.74, 6) is 2.17. The van der Waals surface area contributed by atoms with Crippen molar-refractivity contribution in [2.45, 2.75) is 26.7 Å². The van der Waals surface area contributed by atoms with Crippen LogP contribution in [0.1, 0.15) is 30.9 Å². The summed E-state index contributed by atoms with van der Waals surface area (Å²) in [4.78, 5) is 0. The van der Waals surface area contributed by atoms with Crippen molar-refractivity contribution in [1.82, 2.24) is 0 Å². The molecule has 1 aromatic carbocycles.